The van der Waals surface area contributed by atoms with Crippen LogP contribution in [0.4, 0.5) is 0 Å². The number of rotatable bonds is 4. The van der Waals surface area contributed by atoms with E-state index < -0.39 is 18.4 Å². The number of nitrogens with zero attached hydrogens (tertiary/aromatic N) is 1. The Balaban J connectivity index is 2.02. The molecule has 0 saturated carbocycles. The highest BCUT2D eigenvalue weighted by atomic mass is 32.2. The Bertz CT molecular complexity index is 891. The number of benzene rings is 2. The van der Waals surface area contributed by atoms with Gasteiger partial charge in [-0.15, -0.1) is 0 Å². The van der Waals surface area contributed by atoms with E-state index in [0.29, 0.717) is 10.7 Å². The lowest BCUT2D eigenvalue weighted by molar-refractivity contribution is -0.140. The second-order valence-corrected chi connectivity index (χ2v) is 6.78. The van der Waals surface area contributed by atoms with E-state index in [0.717, 1.165) is 33.0 Å². The van der Waals surface area contributed by atoms with Crippen molar-refractivity contribution in [2.24, 2.45) is 0 Å². The van der Waals surface area contributed by atoms with Crippen LogP contribution < -0.4 is 4.74 Å². The predicted octanol–water partition coefficient (Wildman–Crippen LogP) is 3.13. The van der Waals surface area contributed by atoms with Crippen molar-refractivity contribution in [3.63, 3.8) is 0 Å². The fourth-order valence-electron chi connectivity index (χ4n) is 2.44. The zero-order valence-electron chi connectivity index (χ0n) is 12.7. The second kappa shape index (κ2) is 6.62. The van der Waals surface area contributed by atoms with Crippen molar-refractivity contribution < 1.29 is 19.4 Å². The fraction of sp³-hybridized carbons (Fsp3) is 0.118. The molecule has 1 aliphatic rings. The Hall–Kier alpha value is -2.38. The van der Waals surface area contributed by atoms with Gasteiger partial charge in [-0.25, -0.2) is 0 Å². The summed E-state index contributed by atoms with van der Waals surface area (Å²) in [5, 5.41) is 10.9. The average molecular weight is 359 g/mol. The van der Waals surface area contributed by atoms with Crippen molar-refractivity contribution >= 4 is 57.0 Å². The first kappa shape index (κ1) is 16.5. The van der Waals surface area contributed by atoms with Crippen LogP contribution in [0, 0.1) is 0 Å². The first-order valence-electron chi connectivity index (χ1n) is 7.03. The van der Waals surface area contributed by atoms with Crippen LogP contribution >= 0.6 is 24.0 Å². The van der Waals surface area contributed by atoms with Crippen LogP contribution in [0.15, 0.2) is 41.3 Å². The Morgan fingerprint density at radius 3 is 2.62 bits per heavy atom. The number of aliphatic carboxylic acids is 1. The minimum Gasteiger partial charge on any atom is -0.496 e. The Labute approximate surface area is 147 Å². The fourth-order valence-corrected chi connectivity index (χ4v) is 3.69. The van der Waals surface area contributed by atoms with E-state index in [2.05, 4.69) is 0 Å². The minimum atomic E-state index is -1.10. The maximum Gasteiger partial charge on any atom is 0.323 e. The van der Waals surface area contributed by atoms with Crippen LogP contribution in [0.1, 0.15) is 5.56 Å². The van der Waals surface area contributed by atoms with Gasteiger partial charge in [-0.1, -0.05) is 48.2 Å². The molecule has 2 aromatic carbocycles. The summed E-state index contributed by atoms with van der Waals surface area (Å²) in [7, 11) is 1.57. The van der Waals surface area contributed by atoms with E-state index in [1.54, 1.807) is 13.2 Å². The summed E-state index contributed by atoms with van der Waals surface area (Å²) in [6.07, 6.45) is 1.69. The molecule has 0 bridgehead atoms. The first-order chi connectivity index (χ1) is 11.5. The van der Waals surface area contributed by atoms with E-state index in [-0.39, 0.29) is 4.32 Å². The third-order valence-corrected chi connectivity index (χ3v) is 4.93. The molecule has 0 unspecified atom stereocenters. The number of hydrogen-bond donors (Lipinski definition) is 1. The molecule has 122 valence electrons. The lowest BCUT2D eigenvalue weighted by Gasteiger charge is -2.10. The van der Waals surface area contributed by atoms with Gasteiger partial charge < -0.3 is 9.84 Å². The molecule has 0 aromatic heterocycles. The highest BCUT2D eigenvalue weighted by Gasteiger charge is 2.33. The quantitative estimate of drug-likeness (QED) is 0.668. The van der Waals surface area contributed by atoms with Crippen LogP contribution in [-0.2, 0) is 9.59 Å². The molecular formula is C17H13NO4S2. The number of methoxy groups -OCH3 is 1. The number of carboxylic acids is 1. The van der Waals surface area contributed by atoms with E-state index in [1.165, 1.54) is 0 Å². The molecule has 0 aliphatic carbocycles. The third kappa shape index (κ3) is 3.13. The number of carbonyl (C=O) groups excluding carboxylic acids is 1. The Morgan fingerprint density at radius 1 is 1.33 bits per heavy atom. The summed E-state index contributed by atoms with van der Waals surface area (Å²) in [5.74, 6) is -0.865. The second-order valence-electron chi connectivity index (χ2n) is 5.10. The lowest BCUT2D eigenvalue weighted by atomic mass is 10.1. The van der Waals surface area contributed by atoms with E-state index in [9.17, 15) is 9.59 Å². The molecule has 3 rings (SSSR count). The van der Waals surface area contributed by atoms with Crippen molar-refractivity contribution in [2.75, 3.05) is 13.7 Å². The van der Waals surface area contributed by atoms with Crippen molar-refractivity contribution in [3.8, 4) is 5.75 Å². The zero-order chi connectivity index (χ0) is 17.3. The Morgan fingerprint density at radius 2 is 2.00 bits per heavy atom. The van der Waals surface area contributed by atoms with Gasteiger partial charge in [0.15, 0.2) is 0 Å². The smallest absolute Gasteiger partial charge is 0.323 e. The van der Waals surface area contributed by atoms with E-state index >= 15 is 0 Å². The molecule has 1 fully saturated rings. The summed E-state index contributed by atoms with van der Waals surface area (Å²) >= 11 is 6.19. The largest absolute Gasteiger partial charge is 0.496 e. The van der Waals surface area contributed by atoms with Crippen LogP contribution in [-0.4, -0.2) is 39.9 Å². The van der Waals surface area contributed by atoms with E-state index in [1.807, 2.05) is 36.4 Å². The molecule has 1 heterocycles. The number of thioether (sulfide) groups is 1. The van der Waals surface area contributed by atoms with Gasteiger partial charge in [0.05, 0.1) is 12.0 Å². The number of carbonyl (C=O) groups is 2. The van der Waals surface area contributed by atoms with Gasteiger partial charge in [-0.2, -0.15) is 0 Å². The molecule has 1 aliphatic heterocycles. The van der Waals surface area contributed by atoms with Gasteiger partial charge in [0.25, 0.3) is 5.91 Å². The third-order valence-electron chi connectivity index (χ3n) is 3.55. The standard InChI is InChI=1S/C17H13NO4S2/c1-22-13-7-11-5-3-2-4-10(11)6-12(13)8-14-16(21)18(9-15(19)20)17(23)24-14/h2-8H,9H2,1H3,(H,19,20)/b14-8-. The molecular weight excluding hydrogens is 346 g/mol. The van der Waals surface area contributed by atoms with Gasteiger partial charge in [0.1, 0.15) is 16.6 Å². The molecule has 1 saturated heterocycles. The summed E-state index contributed by atoms with van der Waals surface area (Å²) < 4.78 is 5.66. The van der Waals surface area contributed by atoms with Crippen molar-refractivity contribution in [1.82, 2.24) is 4.90 Å². The number of thiocarbonyl (C=S) groups is 1. The normalized spacial score (nSPS) is 16.2. The molecule has 1 amide bonds. The zero-order valence-corrected chi connectivity index (χ0v) is 14.3. The maximum atomic E-state index is 12.4. The summed E-state index contributed by atoms with van der Waals surface area (Å²) in [5.41, 5.74) is 0.743. The lowest BCUT2D eigenvalue weighted by Crippen LogP contribution is -2.33. The van der Waals surface area contributed by atoms with Gasteiger partial charge >= 0.3 is 5.97 Å². The Kier molecular flexibility index (Phi) is 4.55. The monoisotopic (exact) mass is 359 g/mol. The molecule has 7 heteroatoms. The molecule has 2 aromatic rings. The number of ether oxygens (including phenoxy) is 1. The van der Waals surface area contributed by atoms with Crippen molar-refractivity contribution in [2.45, 2.75) is 0 Å². The van der Waals surface area contributed by atoms with Crippen LogP contribution in [0.3, 0.4) is 0 Å². The minimum absolute atomic E-state index is 0.244. The maximum absolute atomic E-state index is 12.4. The highest BCUT2D eigenvalue weighted by molar-refractivity contribution is 8.26. The average Bonchev–Trinajstić information content (AvgIpc) is 2.81. The number of carboxylic acid groups (broad SMARTS) is 1. The molecule has 0 radical (unpaired) electrons. The first-order valence-corrected chi connectivity index (χ1v) is 8.26. The summed E-state index contributed by atoms with van der Waals surface area (Å²) in [6, 6.07) is 11.7. The van der Waals surface area contributed by atoms with Crippen LogP contribution in [0.5, 0.6) is 5.75 Å². The highest BCUT2D eigenvalue weighted by Crippen LogP contribution is 2.35. The van der Waals surface area contributed by atoms with E-state index in [4.69, 9.17) is 22.1 Å². The molecule has 0 atom stereocenters. The van der Waals surface area contributed by atoms with Gasteiger partial charge in [0, 0.05) is 5.56 Å². The van der Waals surface area contributed by atoms with Gasteiger partial charge in [-0.05, 0) is 29.0 Å². The number of fused-ring (bicyclic) bond motifs is 1. The SMILES string of the molecule is COc1cc2ccccc2cc1/C=C1\SC(=S)N(CC(=O)O)C1=O. The molecule has 5 nitrogen and oxygen atoms in total. The van der Waals surface area contributed by atoms with Gasteiger partial charge in [0.2, 0.25) is 0 Å². The van der Waals surface area contributed by atoms with Crippen LogP contribution in [0.2, 0.25) is 0 Å². The number of hydrogen-bond acceptors (Lipinski definition) is 5. The molecule has 1 N–H and O–H groups in total. The van der Waals surface area contributed by atoms with Crippen molar-refractivity contribution in [3.05, 3.63) is 46.9 Å². The molecule has 24 heavy (non-hydrogen) atoms. The topological polar surface area (TPSA) is 66.8 Å². The predicted molar refractivity (Wildman–Crippen MR) is 98.0 cm³/mol. The van der Waals surface area contributed by atoms with Gasteiger partial charge in [-0.3, -0.25) is 14.5 Å². The van der Waals surface area contributed by atoms with Crippen LogP contribution in [0.25, 0.3) is 16.8 Å². The van der Waals surface area contributed by atoms with Crippen molar-refractivity contribution in [1.29, 1.82) is 0 Å². The number of amides is 1. The summed E-state index contributed by atoms with van der Waals surface area (Å²) in [6.45, 7) is -0.434. The molecule has 0 spiro atoms. The summed E-state index contributed by atoms with van der Waals surface area (Å²) in [4.78, 5) is 24.7.